The number of nitrogens with zero attached hydrogens (tertiary/aromatic N) is 3. The van der Waals surface area contributed by atoms with Crippen molar-refractivity contribution in [3.8, 4) is 0 Å². The van der Waals surface area contributed by atoms with E-state index < -0.39 is 14.2 Å². The number of hydrogen-bond donors (Lipinski definition) is 6. The fraction of sp³-hybridized carbons (Fsp3) is 0. The molecule has 0 radical (unpaired) electrons. The second-order valence-corrected chi connectivity index (χ2v) is 5.84. The van der Waals surface area contributed by atoms with Gasteiger partial charge < -0.3 is 30.7 Å². The van der Waals surface area contributed by atoms with E-state index in [2.05, 4.69) is 25.6 Å². The summed E-state index contributed by atoms with van der Waals surface area (Å²) >= 11 is 5.94. The van der Waals surface area contributed by atoms with Crippen LogP contribution in [0, 0.1) is 0 Å². The molecular weight excluding hydrogens is 371 g/mol. The molecule has 136 valence electrons. The second-order valence-electron chi connectivity index (χ2n) is 5.50. The molecule has 2 aromatic carbocycles. The average molecular weight is 385 g/mol. The zero-order chi connectivity index (χ0) is 19.4. The van der Waals surface area contributed by atoms with Crippen molar-refractivity contribution in [3.05, 3.63) is 53.8 Å². The molecule has 12 heteroatoms. The maximum atomic E-state index is 9.25. The molecule has 9 nitrogen and oxygen atoms in total. The van der Waals surface area contributed by atoms with Crippen LogP contribution in [0.5, 0.6) is 0 Å². The number of nitrogens with one attached hydrogen (secondary N) is 2. The monoisotopic (exact) mass is 385 g/mol. The maximum absolute atomic E-state index is 9.25. The van der Waals surface area contributed by atoms with Gasteiger partial charge in [0.15, 0.2) is 0 Å². The average Bonchev–Trinajstić information content (AvgIpc) is 2.61. The first kappa shape index (κ1) is 19.1. The summed E-state index contributed by atoms with van der Waals surface area (Å²) in [5.74, 6) is 0.279. The van der Waals surface area contributed by atoms with Crippen LogP contribution >= 0.6 is 11.6 Å². The van der Waals surface area contributed by atoms with E-state index in [9.17, 15) is 20.1 Å². The third-order valence-corrected chi connectivity index (χ3v) is 3.66. The van der Waals surface area contributed by atoms with Crippen molar-refractivity contribution in [1.29, 1.82) is 0 Å². The quantitative estimate of drug-likeness (QED) is 0.306. The van der Waals surface area contributed by atoms with E-state index in [-0.39, 0.29) is 17.2 Å². The van der Waals surface area contributed by atoms with E-state index in [1.807, 2.05) is 0 Å². The summed E-state index contributed by atoms with van der Waals surface area (Å²) < 4.78 is 0. The molecule has 1 heterocycles. The predicted octanol–water partition coefficient (Wildman–Crippen LogP) is -0.628. The SMILES string of the molecule is OB(O)c1cccc(Nc2nc(Cl)nc(Nc3cccc(B(O)O)c3)n2)c1. The molecule has 0 saturated carbocycles. The Morgan fingerprint density at radius 1 is 0.704 bits per heavy atom. The first-order valence-corrected chi connectivity index (χ1v) is 8.16. The highest BCUT2D eigenvalue weighted by Gasteiger charge is 2.13. The summed E-state index contributed by atoms with van der Waals surface area (Å²) in [5.41, 5.74) is 1.66. The van der Waals surface area contributed by atoms with Crippen LogP contribution in [0.1, 0.15) is 0 Å². The molecule has 0 atom stereocenters. The summed E-state index contributed by atoms with van der Waals surface area (Å²) in [7, 11) is -3.19. The molecule has 0 spiro atoms. The van der Waals surface area contributed by atoms with Crippen LogP contribution in [0.3, 0.4) is 0 Å². The van der Waals surface area contributed by atoms with Crippen LogP contribution in [-0.2, 0) is 0 Å². The van der Waals surface area contributed by atoms with E-state index in [1.165, 1.54) is 12.1 Å². The molecule has 0 saturated heterocycles. The number of halogens is 1. The zero-order valence-corrected chi connectivity index (χ0v) is 14.5. The minimum absolute atomic E-state index is 0.0632. The van der Waals surface area contributed by atoms with E-state index in [0.717, 1.165) is 0 Å². The number of benzene rings is 2. The number of aromatic nitrogens is 3. The lowest BCUT2D eigenvalue weighted by Gasteiger charge is -2.10. The van der Waals surface area contributed by atoms with Gasteiger partial charge in [0.1, 0.15) is 0 Å². The third-order valence-electron chi connectivity index (χ3n) is 3.49. The van der Waals surface area contributed by atoms with Crippen LogP contribution in [0.4, 0.5) is 23.3 Å². The van der Waals surface area contributed by atoms with Crippen molar-refractivity contribution < 1.29 is 20.1 Å². The predicted molar refractivity (Wildman–Crippen MR) is 104 cm³/mol. The Morgan fingerprint density at radius 2 is 1.15 bits per heavy atom. The van der Waals surface area contributed by atoms with E-state index in [4.69, 9.17) is 11.6 Å². The largest absolute Gasteiger partial charge is 0.488 e. The summed E-state index contributed by atoms with van der Waals surface area (Å²) in [6.07, 6.45) is 0. The van der Waals surface area contributed by atoms with Crippen molar-refractivity contribution in [2.45, 2.75) is 0 Å². The van der Waals surface area contributed by atoms with Crippen molar-refractivity contribution >= 4 is 60.0 Å². The Hall–Kier alpha value is -2.69. The number of hydrogen-bond acceptors (Lipinski definition) is 9. The summed E-state index contributed by atoms with van der Waals surface area (Å²) in [6.45, 7) is 0. The normalized spacial score (nSPS) is 10.4. The molecule has 27 heavy (non-hydrogen) atoms. The molecule has 0 amide bonds. The second kappa shape index (κ2) is 8.33. The molecule has 1 aromatic heterocycles. The molecule has 6 N–H and O–H groups in total. The summed E-state index contributed by atoms with van der Waals surface area (Å²) in [5, 5.41) is 42.7. The standard InChI is InChI=1S/C15H14B2ClN5O4/c18-13-21-14(19-11-5-1-3-9(7-11)16(24)25)23-15(22-13)20-12-6-2-4-10(8-12)17(26)27/h1-8,24-27H,(H2,19,20,21,22,23). The molecule has 0 unspecified atom stereocenters. The van der Waals surface area contributed by atoms with Crippen LogP contribution in [0.2, 0.25) is 5.28 Å². The highest BCUT2D eigenvalue weighted by Crippen LogP contribution is 2.18. The van der Waals surface area contributed by atoms with Crippen LogP contribution in [0.15, 0.2) is 48.5 Å². The molecule has 3 aromatic rings. The highest BCUT2D eigenvalue weighted by atomic mass is 35.5. The molecule has 0 fully saturated rings. The van der Waals surface area contributed by atoms with E-state index in [0.29, 0.717) is 22.3 Å². The van der Waals surface area contributed by atoms with Gasteiger partial charge >= 0.3 is 14.2 Å². The van der Waals surface area contributed by atoms with E-state index in [1.54, 1.807) is 36.4 Å². The first-order chi connectivity index (χ1) is 12.9. The number of rotatable bonds is 6. The Bertz CT molecular complexity index is 876. The molecule has 0 aliphatic heterocycles. The molecule has 3 rings (SSSR count). The van der Waals surface area contributed by atoms with Crippen LogP contribution in [-0.4, -0.2) is 49.3 Å². The zero-order valence-electron chi connectivity index (χ0n) is 13.8. The highest BCUT2D eigenvalue weighted by molar-refractivity contribution is 6.59. The molecule has 0 aliphatic carbocycles. The smallest absolute Gasteiger partial charge is 0.423 e. The van der Waals surface area contributed by atoms with Gasteiger partial charge in [-0.05, 0) is 46.8 Å². The number of anilines is 4. The van der Waals surface area contributed by atoms with Gasteiger partial charge in [-0.25, -0.2) is 0 Å². The minimum Gasteiger partial charge on any atom is -0.423 e. The van der Waals surface area contributed by atoms with Gasteiger partial charge in [0.05, 0.1) is 0 Å². The Labute approximate surface area is 160 Å². The summed E-state index contributed by atoms with van der Waals surface area (Å²) in [4.78, 5) is 12.2. The van der Waals surface area contributed by atoms with Crippen molar-refractivity contribution in [2.24, 2.45) is 0 Å². The lowest BCUT2D eigenvalue weighted by molar-refractivity contribution is 0.424. The van der Waals surface area contributed by atoms with Gasteiger partial charge in [0.25, 0.3) is 0 Å². The fourth-order valence-electron chi connectivity index (χ4n) is 2.27. The third kappa shape index (κ3) is 5.16. The first-order valence-electron chi connectivity index (χ1n) is 7.78. The van der Waals surface area contributed by atoms with Gasteiger partial charge in [-0.15, -0.1) is 0 Å². The van der Waals surface area contributed by atoms with Gasteiger partial charge in [-0.2, -0.15) is 15.0 Å². The van der Waals surface area contributed by atoms with Gasteiger partial charge in [-0.1, -0.05) is 24.3 Å². The van der Waals surface area contributed by atoms with Gasteiger partial charge in [-0.3, -0.25) is 0 Å². The Kier molecular flexibility index (Phi) is 5.89. The lowest BCUT2D eigenvalue weighted by Crippen LogP contribution is -2.29. The van der Waals surface area contributed by atoms with Crippen molar-refractivity contribution in [2.75, 3.05) is 10.6 Å². The Morgan fingerprint density at radius 3 is 1.56 bits per heavy atom. The summed E-state index contributed by atoms with van der Waals surface area (Å²) in [6, 6.07) is 12.9. The van der Waals surface area contributed by atoms with Crippen LogP contribution < -0.4 is 21.6 Å². The van der Waals surface area contributed by atoms with Gasteiger partial charge in [0.2, 0.25) is 17.2 Å². The molecular formula is C15H14B2ClN5O4. The lowest BCUT2D eigenvalue weighted by atomic mass is 9.80. The van der Waals surface area contributed by atoms with Crippen molar-refractivity contribution in [1.82, 2.24) is 15.0 Å². The Balaban J connectivity index is 1.82. The topological polar surface area (TPSA) is 144 Å². The van der Waals surface area contributed by atoms with Crippen LogP contribution in [0.25, 0.3) is 0 Å². The maximum Gasteiger partial charge on any atom is 0.488 e. The minimum atomic E-state index is -1.60. The molecule has 0 aliphatic rings. The van der Waals surface area contributed by atoms with E-state index >= 15 is 0 Å². The van der Waals surface area contributed by atoms with Crippen molar-refractivity contribution in [3.63, 3.8) is 0 Å². The van der Waals surface area contributed by atoms with Gasteiger partial charge in [0, 0.05) is 11.4 Å². The molecule has 0 bridgehead atoms. The fourth-order valence-corrected chi connectivity index (χ4v) is 2.43.